The second-order valence-electron chi connectivity index (χ2n) is 5.60. The van der Waals surface area contributed by atoms with Crippen molar-refractivity contribution in [2.24, 2.45) is 0 Å². The van der Waals surface area contributed by atoms with E-state index in [9.17, 15) is 9.59 Å². The van der Waals surface area contributed by atoms with Gasteiger partial charge in [-0.05, 0) is 31.5 Å². The first-order chi connectivity index (χ1) is 12.2. The lowest BCUT2D eigenvalue weighted by atomic mass is 10.0. The number of carbonyl (C=O) groups is 2. The molecule has 0 aliphatic heterocycles. The maximum Gasteiger partial charge on any atom is 0.239 e. The van der Waals surface area contributed by atoms with Crippen molar-refractivity contribution in [3.8, 4) is 0 Å². The fourth-order valence-electron chi connectivity index (χ4n) is 2.59. The number of amides is 2. The third kappa shape index (κ3) is 5.46. The largest absolute Gasteiger partial charge is 0.467 e. The molecule has 1 aromatic heterocycles. The van der Waals surface area contributed by atoms with Crippen LogP contribution in [0.1, 0.15) is 31.2 Å². The summed E-state index contributed by atoms with van der Waals surface area (Å²) in [7, 11) is 0. The van der Waals surface area contributed by atoms with Crippen LogP contribution < -0.4 is 10.6 Å². The summed E-state index contributed by atoms with van der Waals surface area (Å²) in [6.07, 6.45) is 1.61. The molecule has 0 spiro atoms. The Bertz CT molecular complexity index is 656. The van der Waals surface area contributed by atoms with E-state index in [0.29, 0.717) is 13.1 Å². The van der Waals surface area contributed by atoms with Gasteiger partial charge in [-0.15, -0.1) is 0 Å². The smallest absolute Gasteiger partial charge is 0.239 e. The zero-order valence-electron chi connectivity index (χ0n) is 14.7. The van der Waals surface area contributed by atoms with Crippen LogP contribution in [0.25, 0.3) is 0 Å². The Hall–Kier alpha value is -2.60. The second kappa shape index (κ2) is 9.64. The molecule has 0 aliphatic carbocycles. The molecule has 2 rings (SSSR count). The molecule has 0 unspecified atom stereocenters. The molecule has 6 heteroatoms. The van der Waals surface area contributed by atoms with Crippen molar-refractivity contribution in [3.63, 3.8) is 0 Å². The van der Waals surface area contributed by atoms with Gasteiger partial charge in [-0.1, -0.05) is 30.3 Å². The first-order valence-corrected chi connectivity index (χ1v) is 8.51. The molecule has 0 fully saturated rings. The minimum Gasteiger partial charge on any atom is -0.467 e. The van der Waals surface area contributed by atoms with E-state index in [1.54, 1.807) is 6.26 Å². The molecule has 0 saturated carbocycles. The molecule has 25 heavy (non-hydrogen) atoms. The van der Waals surface area contributed by atoms with Crippen LogP contribution in [0.4, 0.5) is 0 Å². The number of hydrogen-bond acceptors (Lipinski definition) is 4. The Morgan fingerprint density at radius 1 is 1.12 bits per heavy atom. The van der Waals surface area contributed by atoms with Gasteiger partial charge in [0.2, 0.25) is 11.8 Å². The van der Waals surface area contributed by atoms with Crippen molar-refractivity contribution in [2.75, 3.05) is 26.2 Å². The molecule has 6 nitrogen and oxygen atoms in total. The standard InChI is InChI=1S/C19H25N3O3/c1-3-20-17(23)14-22(4-2)18(24)13-21-19(16-11-8-12-25-16)15-9-6-5-7-10-15/h5-12,19,21H,3-4,13-14H2,1-2H3,(H,20,23)/t19-/m1/s1. The third-order valence-corrected chi connectivity index (χ3v) is 3.86. The lowest BCUT2D eigenvalue weighted by molar-refractivity contribution is -0.135. The lowest BCUT2D eigenvalue weighted by Crippen LogP contribution is -2.44. The Morgan fingerprint density at radius 3 is 2.48 bits per heavy atom. The molecular weight excluding hydrogens is 318 g/mol. The lowest BCUT2D eigenvalue weighted by Gasteiger charge is -2.23. The van der Waals surface area contributed by atoms with Crippen molar-refractivity contribution in [1.29, 1.82) is 0 Å². The molecule has 1 aromatic carbocycles. The average Bonchev–Trinajstić information content (AvgIpc) is 3.15. The first-order valence-electron chi connectivity index (χ1n) is 8.51. The second-order valence-corrected chi connectivity index (χ2v) is 5.60. The minimum atomic E-state index is -0.219. The molecular formula is C19H25N3O3. The summed E-state index contributed by atoms with van der Waals surface area (Å²) in [6, 6.07) is 13.3. The number of benzene rings is 1. The SMILES string of the molecule is CCNC(=O)CN(CC)C(=O)CN[C@H](c1ccccc1)c1ccco1. The van der Waals surface area contributed by atoms with Gasteiger partial charge in [0.15, 0.2) is 0 Å². The normalized spacial score (nSPS) is 11.8. The number of furan rings is 1. The van der Waals surface area contributed by atoms with Crippen LogP contribution in [0, 0.1) is 0 Å². The highest BCUT2D eigenvalue weighted by molar-refractivity contribution is 5.85. The van der Waals surface area contributed by atoms with E-state index in [0.717, 1.165) is 11.3 Å². The highest BCUT2D eigenvalue weighted by atomic mass is 16.3. The van der Waals surface area contributed by atoms with Crippen LogP contribution in [-0.4, -0.2) is 42.9 Å². The Morgan fingerprint density at radius 2 is 1.88 bits per heavy atom. The van der Waals surface area contributed by atoms with Gasteiger partial charge in [0.05, 0.1) is 25.4 Å². The van der Waals surface area contributed by atoms with Gasteiger partial charge < -0.3 is 14.6 Å². The van der Waals surface area contributed by atoms with Crippen molar-refractivity contribution >= 4 is 11.8 Å². The molecule has 0 radical (unpaired) electrons. The molecule has 2 aromatic rings. The molecule has 2 amide bonds. The van der Waals surface area contributed by atoms with E-state index in [4.69, 9.17) is 4.42 Å². The van der Waals surface area contributed by atoms with E-state index in [2.05, 4.69) is 10.6 Å². The van der Waals surface area contributed by atoms with E-state index >= 15 is 0 Å². The first kappa shape index (κ1) is 18.7. The fourth-order valence-corrected chi connectivity index (χ4v) is 2.59. The molecule has 1 atom stereocenters. The fraction of sp³-hybridized carbons (Fsp3) is 0.368. The Labute approximate surface area is 148 Å². The summed E-state index contributed by atoms with van der Waals surface area (Å²) in [5.74, 6) is 0.468. The van der Waals surface area contributed by atoms with Crippen LogP contribution in [0.5, 0.6) is 0 Å². The van der Waals surface area contributed by atoms with Gasteiger partial charge in [-0.2, -0.15) is 0 Å². The van der Waals surface area contributed by atoms with Gasteiger partial charge >= 0.3 is 0 Å². The van der Waals surface area contributed by atoms with Crippen LogP contribution in [0.2, 0.25) is 0 Å². The number of carbonyl (C=O) groups excluding carboxylic acids is 2. The van der Waals surface area contributed by atoms with E-state index in [1.165, 1.54) is 4.90 Å². The number of likely N-dealkylation sites (N-methyl/N-ethyl adjacent to an activating group) is 2. The Balaban J connectivity index is 2.02. The predicted octanol–water partition coefficient (Wildman–Crippen LogP) is 1.94. The quantitative estimate of drug-likeness (QED) is 0.730. The van der Waals surface area contributed by atoms with Crippen molar-refractivity contribution < 1.29 is 14.0 Å². The monoisotopic (exact) mass is 343 g/mol. The van der Waals surface area contributed by atoms with Crippen molar-refractivity contribution in [3.05, 3.63) is 60.1 Å². The molecule has 0 saturated heterocycles. The van der Waals surface area contributed by atoms with Crippen LogP contribution in [0.15, 0.2) is 53.1 Å². The minimum absolute atomic E-state index is 0.0710. The van der Waals surface area contributed by atoms with Gasteiger partial charge in [0, 0.05) is 13.1 Å². The highest BCUT2D eigenvalue weighted by Crippen LogP contribution is 2.22. The molecule has 0 bridgehead atoms. The molecule has 1 heterocycles. The van der Waals surface area contributed by atoms with E-state index in [-0.39, 0.29) is 30.9 Å². The van der Waals surface area contributed by atoms with E-state index in [1.807, 2.05) is 56.3 Å². The summed E-state index contributed by atoms with van der Waals surface area (Å²) in [5, 5.41) is 5.95. The summed E-state index contributed by atoms with van der Waals surface area (Å²) >= 11 is 0. The average molecular weight is 343 g/mol. The zero-order valence-corrected chi connectivity index (χ0v) is 14.7. The van der Waals surface area contributed by atoms with Crippen molar-refractivity contribution in [1.82, 2.24) is 15.5 Å². The summed E-state index contributed by atoms with van der Waals surface area (Å²) in [4.78, 5) is 25.7. The Kier molecular flexibility index (Phi) is 7.22. The van der Waals surface area contributed by atoms with Crippen LogP contribution in [-0.2, 0) is 9.59 Å². The van der Waals surface area contributed by atoms with Gasteiger partial charge in [0.25, 0.3) is 0 Å². The maximum absolute atomic E-state index is 12.5. The summed E-state index contributed by atoms with van der Waals surface area (Å²) in [6.45, 7) is 4.94. The number of nitrogens with zero attached hydrogens (tertiary/aromatic N) is 1. The van der Waals surface area contributed by atoms with Crippen LogP contribution >= 0.6 is 0 Å². The van der Waals surface area contributed by atoms with Gasteiger partial charge in [0.1, 0.15) is 5.76 Å². The third-order valence-electron chi connectivity index (χ3n) is 3.86. The maximum atomic E-state index is 12.5. The van der Waals surface area contributed by atoms with Crippen molar-refractivity contribution in [2.45, 2.75) is 19.9 Å². The van der Waals surface area contributed by atoms with Crippen LogP contribution in [0.3, 0.4) is 0 Å². The van der Waals surface area contributed by atoms with E-state index < -0.39 is 0 Å². The number of rotatable bonds is 9. The summed E-state index contributed by atoms with van der Waals surface area (Å²) < 4.78 is 5.51. The molecule has 134 valence electrons. The molecule has 0 aliphatic rings. The number of nitrogens with one attached hydrogen (secondary N) is 2. The van der Waals surface area contributed by atoms with Gasteiger partial charge in [-0.25, -0.2) is 0 Å². The summed E-state index contributed by atoms with van der Waals surface area (Å²) in [5.41, 5.74) is 1.01. The van der Waals surface area contributed by atoms with Gasteiger partial charge in [-0.3, -0.25) is 14.9 Å². The topological polar surface area (TPSA) is 74.6 Å². The number of hydrogen-bond donors (Lipinski definition) is 2. The predicted molar refractivity (Wildman–Crippen MR) is 95.9 cm³/mol. The molecule has 2 N–H and O–H groups in total. The highest BCUT2D eigenvalue weighted by Gasteiger charge is 2.20. The zero-order chi connectivity index (χ0) is 18.1.